The van der Waals surface area contributed by atoms with Crippen LogP contribution in [0.5, 0.6) is 0 Å². The lowest BCUT2D eigenvalue weighted by atomic mass is 9.82. The molecule has 0 spiro atoms. The Morgan fingerprint density at radius 2 is 1.16 bits per heavy atom. The van der Waals surface area contributed by atoms with Gasteiger partial charge in [0.1, 0.15) is 0 Å². The van der Waals surface area contributed by atoms with E-state index in [1.165, 1.54) is 71.6 Å². The van der Waals surface area contributed by atoms with Crippen LogP contribution in [0, 0.1) is 6.92 Å². The molecule has 1 aromatic heterocycles. The minimum absolute atomic E-state index is 0.969. The monoisotopic (exact) mass is 635 g/mol. The average molecular weight is 636 g/mol. The summed E-state index contributed by atoms with van der Waals surface area (Å²) in [5.74, 6) is 0. The number of rotatable bonds is 5. The van der Waals surface area contributed by atoms with Gasteiger partial charge in [-0.25, -0.2) is 0 Å². The van der Waals surface area contributed by atoms with E-state index >= 15 is 0 Å². The van der Waals surface area contributed by atoms with E-state index < -0.39 is 0 Å². The van der Waals surface area contributed by atoms with Crippen LogP contribution in [0.3, 0.4) is 0 Å². The molecule has 0 aliphatic heterocycles. The van der Waals surface area contributed by atoms with E-state index in [0.29, 0.717) is 0 Å². The number of aromatic nitrogens is 1. The summed E-state index contributed by atoms with van der Waals surface area (Å²) >= 11 is 0. The number of hydrogen-bond acceptors (Lipinski definition) is 1. The zero-order chi connectivity index (χ0) is 33.4. The summed E-state index contributed by atoms with van der Waals surface area (Å²) in [4.78, 5) is 5.09. The maximum absolute atomic E-state index is 5.09. The first-order valence-corrected chi connectivity index (χ1v) is 17.1. The van der Waals surface area contributed by atoms with E-state index in [1.54, 1.807) is 0 Å². The fourth-order valence-electron chi connectivity index (χ4n) is 7.44. The molecule has 0 atom stereocenters. The van der Waals surface area contributed by atoms with E-state index in [9.17, 15) is 0 Å². The molecule has 0 N–H and O–H groups in total. The number of benzene rings is 7. The number of pyridine rings is 1. The van der Waals surface area contributed by atoms with Gasteiger partial charge in [0.25, 0.3) is 0 Å². The third-order valence-corrected chi connectivity index (χ3v) is 9.78. The maximum atomic E-state index is 5.09. The molecular formula is C49H33N. The molecule has 50 heavy (non-hydrogen) atoms. The van der Waals surface area contributed by atoms with Crippen LogP contribution >= 0.6 is 0 Å². The van der Waals surface area contributed by atoms with Crippen molar-refractivity contribution in [1.82, 2.24) is 4.98 Å². The molecule has 8 aromatic rings. The third-order valence-electron chi connectivity index (χ3n) is 9.78. The van der Waals surface area contributed by atoms with Crippen LogP contribution < -0.4 is 0 Å². The molecule has 1 aliphatic carbocycles. The zero-order valence-corrected chi connectivity index (χ0v) is 27.8. The smallest absolute Gasteiger partial charge is 0.0708 e. The molecule has 0 radical (unpaired) electrons. The van der Waals surface area contributed by atoms with E-state index in [0.717, 1.165) is 22.4 Å². The third kappa shape index (κ3) is 5.28. The molecular weight excluding hydrogens is 603 g/mol. The Morgan fingerprint density at radius 1 is 0.480 bits per heavy atom. The normalized spacial score (nSPS) is 11.9. The lowest BCUT2D eigenvalue weighted by molar-refractivity contribution is 1.33. The highest BCUT2D eigenvalue weighted by atomic mass is 14.7. The first-order valence-electron chi connectivity index (χ1n) is 17.1. The molecule has 234 valence electrons. The Bertz CT molecular complexity index is 2590. The van der Waals surface area contributed by atoms with E-state index in [1.807, 2.05) is 12.3 Å². The van der Waals surface area contributed by atoms with Crippen molar-refractivity contribution in [2.75, 3.05) is 0 Å². The van der Waals surface area contributed by atoms with Crippen molar-refractivity contribution in [3.8, 4) is 55.8 Å². The fraction of sp³-hybridized carbons (Fsp3) is 0.0204. The van der Waals surface area contributed by atoms with Gasteiger partial charge in [-0.3, -0.25) is 4.98 Å². The summed E-state index contributed by atoms with van der Waals surface area (Å²) in [5, 5.41) is 4.85. The van der Waals surface area contributed by atoms with Crippen LogP contribution in [-0.4, -0.2) is 4.98 Å². The van der Waals surface area contributed by atoms with Crippen LogP contribution in [0.15, 0.2) is 176 Å². The number of aryl methyl sites for hydroxylation is 1. The van der Waals surface area contributed by atoms with Crippen LogP contribution in [0.2, 0.25) is 0 Å². The van der Waals surface area contributed by atoms with Crippen LogP contribution in [0.25, 0.3) is 89.5 Å². The minimum Gasteiger partial charge on any atom is -0.256 e. The van der Waals surface area contributed by atoms with E-state index in [-0.39, 0.29) is 0 Å². The molecule has 0 bridgehead atoms. The predicted molar refractivity (Wildman–Crippen MR) is 213 cm³/mol. The average Bonchev–Trinajstić information content (AvgIpc) is 3.43. The largest absolute Gasteiger partial charge is 0.256 e. The van der Waals surface area contributed by atoms with Crippen molar-refractivity contribution in [2.24, 2.45) is 0 Å². The molecule has 0 fully saturated rings. The summed E-state index contributed by atoms with van der Waals surface area (Å²) < 4.78 is 0. The molecule has 0 unspecified atom stereocenters. The van der Waals surface area contributed by atoms with Crippen molar-refractivity contribution in [2.45, 2.75) is 6.92 Å². The standard InChI is InChI=1S/C49H33N/c1-33-24-26-45-46(28-33)49(40-30-38(34-14-5-2-6-15-34)29-39(31-40)35-16-7-3-8-17-35)44-22-10-4-9-21-43(44)48(45)37-25-27-47(50-32-37)42-23-13-19-36-18-11-12-20-41(36)42/h2-9,11-32H,1H3. The second kappa shape index (κ2) is 12.5. The van der Waals surface area contributed by atoms with Crippen LogP contribution in [0.1, 0.15) is 16.7 Å². The molecule has 9 rings (SSSR count). The van der Waals surface area contributed by atoms with Crippen molar-refractivity contribution < 1.29 is 0 Å². The molecule has 1 aliphatic rings. The topological polar surface area (TPSA) is 12.9 Å². The lowest BCUT2D eigenvalue weighted by Gasteiger charge is -2.21. The number of fused-ring (bicyclic) bond motifs is 3. The van der Waals surface area contributed by atoms with Crippen molar-refractivity contribution in [3.63, 3.8) is 0 Å². The minimum atomic E-state index is 0.969. The maximum Gasteiger partial charge on any atom is 0.0708 e. The predicted octanol–water partition coefficient (Wildman–Crippen LogP) is 13.2. The summed E-state index contributed by atoms with van der Waals surface area (Å²) in [6.45, 7) is 2.18. The molecule has 1 heterocycles. The number of nitrogens with zero attached hydrogens (tertiary/aromatic N) is 1. The second-order valence-corrected chi connectivity index (χ2v) is 13.0. The molecule has 0 saturated carbocycles. The first-order chi connectivity index (χ1) is 24.7. The second-order valence-electron chi connectivity index (χ2n) is 13.0. The number of hydrogen-bond donors (Lipinski definition) is 0. The van der Waals surface area contributed by atoms with Gasteiger partial charge in [-0.1, -0.05) is 145 Å². The van der Waals surface area contributed by atoms with Gasteiger partial charge in [0.05, 0.1) is 5.69 Å². The summed E-state index contributed by atoms with van der Waals surface area (Å²) in [6.07, 6.45) is 10.5. The molecule has 7 aromatic carbocycles. The Labute approximate surface area is 292 Å². The van der Waals surface area contributed by atoms with Gasteiger partial charge in [0.2, 0.25) is 0 Å². The van der Waals surface area contributed by atoms with Crippen molar-refractivity contribution in [3.05, 3.63) is 192 Å². The molecule has 0 amide bonds. The Kier molecular flexibility index (Phi) is 7.39. The van der Waals surface area contributed by atoms with Gasteiger partial charge < -0.3 is 0 Å². The number of allylic oxidation sites excluding steroid dienone is 2. The van der Waals surface area contributed by atoms with Crippen molar-refractivity contribution in [1.29, 1.82) is 0 Å². The highest BCUT2D eigenvalue weighted by Gasteiger charge is 2.21. The van der Waals surface area contributed by atoms with Crippen LogP contribution in [0.4, 0.5) is 0 Å². The molecule has 0 saturated heterocycles. The fourth-order valence-corrected chi connectivity index (χ4v) is 7.44. The molecule has 1 nitrogen and oxygen atoms in total. The summed E-state index contributed by atoms with van der Waals surface area (Å²) in [6, 6.07) is 54.6. The highest BCUT2D eigenvalue weighted by molar-refractivity contribution is 6.12. The van der Waals surface area contributed by atoms with Gasteiger partial charge in [0.15, 0.2) is 0 Å². The SMILES string of the molecule is Cc1ccc2c(-c3ccc(-c4cccc5ccccc45)nc3)c3c(c(-c4cc(-c5ccccc5)cc(-c5ccccc5)c4)c2c1)C=C=CC=C3. The van der Waals surface area contributed by atoms with Gasteiger partial charge in [-0.05, 0) is 115 Å². The molecule has 1 heteroatoms. The lowest BCUT2D eigenvalue weighted by Crippen LogP contribution is -1.98. The Balaban J connectivity index is 1.30. The first kappa shape index (κ1) is 29.6. The summed E-state index contributed by atoms with van der Waals surface area (Å²) in [7, 11) is 0. The van der Waals surface area contributed by atoms with Gasteiger partial charge in [0, 0.05) is 17.3 Å². The Hall–Kier alpha value is -6.53. The Morgan fingerprint density at radius 3 is 1.90 bits per heavy atom. The highest BCUT2D eigenvalue weighted by Crippen LogP contribution is 2.46. The van der Waals surface area contributed by atoms with Crippen LogP contribution in [-0.2, 0) is 0 Å². The summed E-state index contributed by atoms with van der Waals surface area (Å²) in [5.41, 5.74) is 18.6. The zero-order valence-electron chi connectivity index (χ0n) is 27.8. The van der Waals surface area contributed by atoms with Gasteiger partial charge in [-0.2, -0.15) is 0 Å². The van der Waals surface area contributed by atoms with Gasteiger partial charge in [-0.15, -0.1) is 5.73 Å². The van der Waals surface area contributed by atoms with E-state index in [2.05, 4.69) is 183 Å². The van der Waals surface area contributed by atoms with E-state index in [4.69, 9.17) is 4.98 Å². The van der Waals surface area contributed by atoms with Crippen molar-refractivity contribution >= 4 is 33.7 Å². The quantitative estimate of drug-likeness (QED) is 0.172. The van der Waals surface area contributed by atoms with Gasteiger partial charge >= 0.3 is 0 Å².